The molecule has 2 nitrogen and oxygen atoms in total. The Labute approximate surface area is 138 Å². The summed E-state index contributed by atoms with van der Waals surface area (Å²) in [5.74, 6) is -1.35. The van der Waals surface area contributed by atoms with Gasteiger partial charge in [-0.3, -0.25) is 0 Å². The van der Waals surface area contributed by atoms with Crippen molar-refractivity contribution in [2.24, 2.45) is 0 Å². The van der Waals surface area contributed by atoms with E-state index < -0.39 is 11.5 Å². The number of rotatable bonds is 2. The highest BCUT2D eigenvalue weighted by Crippen LogP contribution is 2.46. The van der Waals surface area contributed by atoms with Crippen molar-refractivity contribution < 1.29 is 14.3 Å². The lowest BCUT2D eigenvalue weighted by molar-refractivity contribution is -0.130. The summed E-state index contributed by atoms with van der Waals surface area (Å²) in [7, 11) is 0. The van der Waals surface area contributed by atoms with E-state index in [4.69, 9.17) is 5.11 Å². The normalized spacial score (nSPS) is 11.8. The topological polar surface area (TPSA) is 37.3 Å². The minimum atomic E-state index is -1.35. The number of benzene rings is 1. The molecule has 0 amide bonds. The van der Waals surface area contributed by atoms with Crippen LogP contribution in [0.15, 0.2) is 28.7 Å². The summed E-state index contributed by atoms with van der Waals surface area (Å²) in [6.07, 6.45) is 0.0555. The molecule has 8 heteroatoms. The lowest BCUT2D eigenvalue weighted by Crippen LogP contribution is -2.02. The van der Waals surface area contributed by atoms with Gasteiger partial charge in [0.15, 0.2) is 0 Å². The second-order valence-corrected chi connectivity index (χ2v) is 6.74. The van der Waals surface area contributed by atoms with E-state index in [9.17, 15) is 9.18 Å². The van der Waals surface area contributed by atoms with Crippen molar-refractivity contribution in [3.8, 4) is 0 Å². The molecule has 92 valence electrons. The fourth-order valence-electron chi connectivity index (χ4n) is 1.05. The quantitative estimate of drug-likeness (QED) is 0.278. The van der Waals surface area contributed by atoms with Gasteiger partial charge in [0.05, 0.1) is 5.57 Å². The van der Waals surface area contributed by atoms with Crippen LogP contribution in [-0.2, 0) is 4.79 Å². The third-order valence-corrected chi connectivity index (χ3v) is 7.91. The highest BCUT2D eigenvalue weighted by atomic mass is 79.9. The van der Waals surface area contributed by atoms with E-state index in [1.54, 1.807) is 0 Å². The number of aliphatic carboxylic acids is 1. The monoisotopic (exact) mass is 556 g/mol. The van der Waals surface area contributed by atoms with Crippen molar-refractivity contribution in [3.63, 3.8) is 0 Å². The first-order valence-corrected chi connectivity index (χ1v) is 7.84. The average molecular weight is 561 g/mol. The summed E-state index contributed by atoms with van der Waals surface area (Å²) in [5.41, 5.74) is -0.236. The van der Waals surface area contributed by atoms with Crippen molar-refractivity contribution in [2.75, 3.05) is 0 Å². The summed E-state index contributed by atoms with van der Waals surface area (Å²) in [6, 6.07) is 0. The average Bonchev–Trinajstić information content (AvgIpc) is 2.29. The van der Waals surface area contributed by atoms with Crippen LogP contribution in [0.1, 0.15) is 5.56 Å². The van der Waals surface area contributed by atoms with Gasteiger partial charge >= 0.3 is 5.97 Å². The van der Waals surface area contributed by atoms with E-state index in [1.807, 2.05) is 0 Å². The minimum absolute atomic E-state index is 0.0555. The van der Waals surface area contributed by atoms with E-state index in [0.29, 0.717) is 22.4 Å². The van der Waals surface area contributed by atoms with E-state index in [-0.39, 0.29) is 11.9 Å². The van der Waals surface area contributed by atoms with Gasteiger partial charge in [0.25, 0.3) is 0 Å². The molecule has 0 aromatic heterocycles. The summed E-state index contributed by atoms with van der Waals surface area (Å²) in [5, 5.41) is 8.93. The summed E-state index contributed by atoms with van der Waals surface area (Å²) in [4.78, 5) is 11.0. The Balaban J connectivity index is 3.72. The molecule has 0 unspecified atom stereocenters. The lowest BCUT2D eigenvalue weighted by atomic mass is 10.1. The van der Waals surface area contributed by atoms with E-state index >= 15 is 0 Å². The Hall–Kier alpha value is 0.760. The van der Waals surface area contributed by atoms with E-state index in [0.717, 1.165) is 0 Å². The van der Waals surface area contributed by atoms with Crippen molar-refractivity contribution in [3.05, 3.63) is 34.3 Å². The molecule has 1 aromatic carbocycles. The molecule has 1 N–H and O–H groups in total. The number of carbonyl (C=O) groups is 1. The van der Waals surface area contributed by atoms with Crippen molar-refractivity contribution in [1.29, 1.82) is 0 Å². The Morgan fingerprint density at radius 1 is 0.941 bits per heavy atom. The minimum Gasteiger partial charge on any atom is -0.478 e. The van der Waals surface area contributed by atoms with Gasteiger partial charge in [0.2, 0.25) is 0 Å². The van der Waals surface area contributed by atoms with Gasteiger partial charge in [-0.25, -0.2) is 9.18 Å². The van der Waals surface area contributed by atoms with Crippen LogP contribution in [0, 0.1) is 0 Å². The van der Waals surface area contributed by atoms with E-state index in [1.165, 1.54) is 0 Å². The van der Waals surface area contributed by atoms with Crippen LogP contribution in [0.5, 0.6) is 0 Å². The third kappa shape index (κ3) is 3.02. The molecule has 0 atom stereocenters. The van der Waals surface area contributed by atoms with Crippen LogP contribution in [0.4, 0.5) is 4.39 Å². The maximum absolute atomic E-state index is 12.7. The number of hydrogen-bond donors (Lipinski definition) is 1. The SMILES string of the molecule is O=C(O)C(=CF)c1c(Br)c(Br)c(Br)c(Br)c1Br. The number of carboxylic acids is 1. The van der Waals surface area contributed by atoms with Crippen LogP contribution in [-0.4, -0.2) is 11.1 Å². The van der Waals surface area contributed by atoms with Crippen LogP contribution in [0.25, 0.3) is 5.57 Å². The molecule has 0 radical (unpaired) electrons. The van der Waals surface area contributed by atoms with Gasteiger partial charge in [0, 0.05) is 27.9 Å². The molecule has 1 aromatic rings. The van der Waals surface area contributed by atoms with Crippen LogP contribution in [0.3, 0.4) is 0 Å². The van der Waals surface area contributed by atoms with Gasteiger partial charge in [-0.2, -0.15) is 0 Å². The molecular formula is C9H2Br5FO2. The Kier molecular flexibility index (Phi) is 5.84. The lowest BCUT2D eigenvalue weighted by Gasteiger charge is -2.13. The molecule has 0 fully saturated rings. The van der Waals surface area contributed by atoms with Gasteiger partial charge in [-0.15, -0.1) is 0 Å². The standard InChI is InChI=1S/C9H2Br5FO2/c10-4-3(2(1-15)9(16)17)5(11)7(13)8(14)6(4)12/h1H,(H,16,17). The number of carboxylic acid groups (broad SMARTS) is 1. The fourth-order valence-corrected chi connectivity index (χ4v) is 4.52. The summed E-state index contributed by atoms with van der Waals surface area (Å²) >= 11 is 16.3. The zero-order valence-electron chi connectivity index (χ0n) is 7.70. The predicted molar refractivity (Wildman–Crippen MR) is 81.7 cm³/mol. The van der Waals surface area contributed by atoms with Crippen LogP contribution in [0.2, 0.25) is 0 Å². The maximum Gasteiger partial charge on any atom is 0.338 e. The maximum atomic E-state index is 12.7. The van der Waals surface area contributed by atoms with Crippen LogP contribution < -0.4 is 0 Å². The van der Waals surface area contributed by atoms with Gasteiger partial charge in [-0.05, 0) is 79.6 Å². The fraction of sp³-hybridized carbons (Fsp3) is 0. The van der Waals surface area contributed by atoms with Crippen molar-refractivity contribution >= 4 is 91.2 Å². The van der Waals surface area contributed by atoms with Gasteiger partial charge < -0.3 is 5.11 Å². The third-order valence-electron chi connectivity index (χ3n) is 1.82. The first-order chi connectivity index (χ1) is 7.82. The van der Waals surface area contributed by atoms with Crippen molar-refractivity contribution in [2.45, 2.75) is 0 Å². The molecule has 1 rings (SSSR count). The number of halogens is 6. The number of hydrogen-bond acceptors (Lipinski definition) is 1. The zero-order chi connectivity index (χ0) is 13.3. The Morgan fingerprint density at radius 3 is 1.59 bits per heavy atom. The first-order valence-electron chi connectivity index (χ1n) is 3.88. The molecule has 0 aliphatic heterocycles. The largest absolute Gasteiger partial charge is 0.478 e. The van der Waals surface area contributed by atoms with E-state index in [2.05, 4.69) is 79.6 Å². The molecular weight excluding hydrogens is 559 g/mol. The van der Waals surface area contributed by atoms with Crippen LogP contribution >= 0.6 is 79.6 Å². The molecule has 0 saturated carbocycles. The molecule has 0 aliphatic rings. The Morgan fingerprint density at radius 2 is 1.29 bits per heavy atom. The smallest absolute Gasteiger partial charge is 0.338 e. The molecule has 0 aliphatic carbocycles. The predicted octanol–water partition coefficient (Wildman–Crippen LogP) is 5.89. The molecule has 0 saturated heterocycles. The van der Waals surface area contributed by atoms with Gasteiger partial charge in [-0.1, -0.05) is 0 Å². The summed E-state index contributed by atoms with van der Waals surface area (Å²) < 4.78 is 15.4. The highest BCUT2D eigenvalue weighted by molar-refractivity contribution is 9.15. The molecule has 0 spiro atoms. The second kappa shape index (κ2) is 6.27. The second-order valence-electron chi connectivity index (χ2n) is 2.77. The molecule has 17 heavy (non-hydrogen) atoms. The summed E-state index contributed by atoms with van der Waals surface area (Å²) in [6.45, 7) is 0. The zero-order valence-corrected chi connectivity index (χ0v) is 15.6. The van der Waals surface area contributed by atoms with Crippen molar-refractivity contribution in [1.82, 2.24) is 0 Å². The highest BCUT2D eigenvalue weighted by Gasteiger charge is 2.23. The molecule has 0 heterocycles. The molecule has 0 bridgehead atoms. The van der Waals surface area contributed by atoms with Gasteiger partial charge in [0.1, 0.15) is 6.33 Å². The Bertz CT molecular complexity index is 498. The first kappa shape index (κ1) is 15.8.